The fraction of sp³-hybridized carbons (Fsp3) is 0.455. The van der Waals surface area contributed by atoms with Gasteiger partial charge in [0, 0.05) is 22.3 Å². The molecule has 0 amide bonds. The zero-order chi connectivity index (χ0) is 10.9. The molecule has 4 N–H and O–H groups in total. The molecule has 0 radical (unpaired) electrons. The molecular formula is C11H15BrN2O. The van der Waals surface area contributed by atoms with Crippen LogP contribution in [-0.4, -0.2) is 18.2 Å². The molecule has 1 aromatic rings. The van der Waals surface area contributed by atoms with E-state index >= 15 is 0 Å². The maximum absolute atomic E-state index is 10.5. The van der Waals surface area contributed by atoms with E-state index in [1.165, 1.54) is 0 Å². The Bertz CT molecular complexity index is 341. The molecule has 1 fully saturated rings. The number of piperidine rings is 1. The SMILES string of the molecule is Nc1cccc(Br)c1C1(O)CCCNC1. The summed E-state index contributed by atoms with van der Waals surface area (Å²) in [6.45, 7) is 1.53. The van der Waals surface area contributed by atoms with Crippen LogP contribution in [0.25, 0.3) is 0 Å². The summed E-state index contributed by atoms with van der Waals surface area (Å²) in [5.74, 6) is 0. The average Bonchev–Trinajstić information content (AvgIpc) is 2.18. The maximum Gasteiger partial charge on any atom is 0.105 e. The van der Waals surface area contributed by atoms with Gasteiger partial charge >= 0.3 is 0 Å². The third kappa shape index (κ3) is 2.02. The molecule has 0 bridgehead atoms. The summed E-state index contributed by atoms with van der Waals surface area (Å²) in [7, 11) is 0. The summed E-state index contributed by atoms with van der Waals surface area (Å²) in [6, 6.07) is 5.62. The van der Waals surface area contributed by atoms with Gasteiger partial charge in [0.2, 0.25) is 0 Å². The Balaban J connectivity index is 2.42. The zero-order valence-corrected chi connectivity index (χ0v) is 10.0. The number of anilines is 1. The third-order valence-electron chi connectivity index (χ3n) is 2.87. The highest BCUT2D eigenvalue weighted by molar-refractivity contribution is 9.10. The van der Waals surface area contributed by atoms with E-state index in [0.29, 0.717) is 12.2 Å². The number of benzene rings is 1. The van der Waals surface area contributed by atoms with Gasteiger partial charge in [0.05, 0.1) is 0 Å². The van der Waals surface area contributed by atoms with Crippen LogP contribution in [0, 0.1) is 0 Å². The van der Waals surface area contributed by atoms with Crippen molar-refractivity contribution in [2.75, 3.05) is 18.8 Å². The van der Waals surface area contributed by atoms with E-state index in [9.17, 15) is 5.11 Å². The summed E-state index contributed by atoms with van der Waals surface area (Å²) in [5.41, 5.74) is 6.55. The largest absolute Gasteiger partial charge is 0.398 e. The first-order chi connectivity index (χ1) is 7.13. The van der Waals surface area contributed by atoms with Gasteiger partial charge in [-0.05, 0) is 31.5 Å². The number of β-amino-alcohol motifs (C(OH)–C–C–N with tert-alkyl or cyclic N) is 1. The van der Waals surface area contributed by atoms with Crippen molar-refractivity contribution in [1.29, 1.82) is 0 Å². The van der Waals surface area contributed by atoms with Gasteiger partial charge in [0.25, 0.3) is 0 Å². The minimum atomic E-state index is -0.831. The Hall–Kier alpha value is -0.580. The Labute approximate surface area is 97.8 Å². The Morgan fingerprint density at radius 3 is 2.87 bits per heavy atom. The minimum absolute atomic E-state index is 0.569. The molecule has 4 heteroatoms. The lowest BCUT2D eigenvalue weighted by Gasteiger charge is -2.34. The number of aliphatic hydroxyl groups is 1. The van der Waals surface area contributed by atoms with Gasteiger partial charge in [0.1, 0.15) is 5.60 Å². The molecule has 0 spiro atoms. The first kappa shape index (κ1) is 10.9. The summed E-state index contributed by atoms with van der Waals surface area (Å²) in [5, 5.41) is 13.7. The van der Waals surface area contributed by atoms with E-state index in [-0.39, 0.29) is 0 Å². The van der Waals surface area contributed by atoms with Crippen LogP contribution in [0.15, 0.2) is 22.7 Å². The third-order valence-corrected chi connectivity index (χ3v) is 3.53. The van der Waals surface area contributed by atoms with Gasteiger partial charge in [-0.1, -0.05) is 22.0 Å². The van der Waals surface area contributed by atoms with Crippen LogP contribution in [0.2, 0.25) is 0 Å². The second kappa shape index (κ2) is 4.12. The van der Waals surface area contributed by atoms with Crippen molar-refractivity contribution < 1.29 is 5.11 Å². The lowest BCUT2D eigenvalue weighted by molar-refractivity contribution is 0.0124. The van der Waals surface area contributed by atoms with Crippen LogP contribution in [0.4, 0.5) is 5.69 Å². The van der Waals surface area contributed by atoms with Gasteiger partial charge in [-0.25, -0.2) is 0 Å². The Morgan fingerprint density at radius 1 is 1.47 bits per heavy atom. The van der Waals surface area contributed by atoms with Crippen LogP contribution in [0.3, 0.4) is 0 Å². The molecular weight excluding hydrogens is 256 g/mol. The standard InChI is InChI=1S/C11H15BrN2O/c12-8-3-1-4-9(13)10(8)11(15)5-2-6-14-7-11/h1,3-4,14-15H,2,5-7,13H2. The van der Waals surface area contributed by atoms with Crippen molar-refractivity contribution in [2.45, 2.75) is 18.4 Å². The molecule has 0 aromatic heterocycles. The summed E-state index contributed by atoms with van der Waals surface area (Å²) in [4.78, 5) is 0. The number of nitrogens with one attached hydrogen (secondary N) is 1. The van der Waals surface area contributed by atoms with Crippen LogP contribution in [0.1, 0.15) is 18.4 Å². The summed E-state index contributed by atoms with van der Waals surface area (Å²) >= 11 is 3.45. The highest BCUT2D eigenvalue weighted by Gasteiger charge is 2.34. The maximum atomic E-state index is 10.5. The highest BCUT2D eigenvalue weighted by atomic mass is 79.9. The van der Waals surface area contributed by atoms with Crippen molar-refractivity contribution in [3.05, 3.63) is 28.2 Å². The molecule has 0 saturated carbocycles. The van der Waals surface area contributed by atoms with Gasteiger partial charge in [-0.2, -0.15) is 0 Å². The number of nitrogen functional groups attached to an aromatic ring is 1. The second-order valence-corrected chi connectivity index (χ2v) is 4.87. The van der Waals surface area contributed by atoms with Crippen LogP contribution in [0.5, 0.6) is 0 Å². The summed E-state index contributed by atoms with van der Waals surface area (Å²) < 4.78 is 0.883. The van der Waals surface area contributed by atoms with E-state index < -0.39 is 5.60 Å². The molecule has 1 unspecified atom stereocenters. The van der Waals surface area contributed by atoms with Crippen LogP contribution in [-0.2, 0) is 5.60 Å². The van der Waals surface area contributed by atoms with E-state index in [0.717, 1.165) is 29.4 Å². The van der Waals surface area contributed by atoms with Gasteiger partial charge < -0.3 is 16.2 Å². The van der Waals surface area contributed by atoms with Crippen LogP contribution >= 0.6 is 15.9 Å². The summed E-state index contributed by atoms with van der Waals surface area (Å²) in [6.07, 6.45) is 1.73. The molecule has 15 heavy (non-hydrogen) atoms. The Kier molecular flexibility index (Phi) is 3.00. The lowest BCUT2D eigenvalue weighted by Crippen LogP contribution is -2.43. The molecule has 1 atom stereocenters. The van der Waals surface area contributed by atoms with Crippen molar-refractivity contribution in [2.24, 2.45) is 0 Å². The lowest BCUT2D eigenvalue weighted by atomic mass is 9.86. The topological polar surface area (TPSA) is 58.3 Å². The van der Waals surface area contributed by atoms with E-state index in [4.69, 9.17) is 5.73 Å². The molecule has 2 rings (SSSR count). The van der Waals surface area contributed by atoms with Crippen molar-refractivity contribution in [1.82, 2.24) is 5.32 Å². The van der Waals surface area contributed by atoms with Gasteiger partial charge in [0.15, 0.2) is 0 Å². The number of nitrogens with two attached hydrogens (primary N) is 1. The fourth-order valence-electron chi connectivity index (χ4n) is 2.13. The van der Waals surface area contributed by atoms with Gasteiger partial charge in [-0.15, -0.1) is 0 Å². The number of hydrogen-bond acceptors (Lipinski definition) is 3. The molecule has 3 nitrogen and oxygen atoms in total. The normalized spacial score (nSPS) is 26.5. The van der Waals surface area contributed by atoms with Crippen molar-refractivity contribution >= 4 is 21.6 Å². The fourth-order valence-corrected chi connectivity index (χ4v) is 2.89. The first-order valence-electron chi connectivity index (χ1n) is 5.11. The van der Waals surface area contributed by atoms with Gasteiger partial charge in [-0.3, -0.25) is 0 Å². The average molecular weight is 271 g/mol. The highest BCUT2D eigenvalue weighted by Crippen LogP contribution is 2.37. The number of rotatable bonds is 1. The van der Waals surface area contributed by atoms with Crippen LogP contribution < -0.4 is 11.1 Å². The van der Waals surface area contributed by atoms with E-state index in [2.05, 4.69) is 21.2 Å². The first-order valence-corrected chi connectivity index (χ1v) is 5.90. The van der Waals surface area contributed by atoms with Crippen molar-refractivity contribution in [3.63, 3.8) is 0 Å². The predicted molar refractivity (Wildman–Crippen MR) is 64.6 cm³/mol. The molecule has 1 heterocycles. The quantitative estimate of drug-likeness (QED) is 0.680. The molecule has 82 valence electrons. The second-order valence-electron chi connectivity index (χ2n) is 4.02. The van der Waals surface area contributed by atoms with Crippen molar-refractivity contribution in [3.8, 4) is 0 Å². The monoisotopic (exact) mass is 270 g/mol. The molecule has 0 aliphatic carbocycles. The molecule has 1 saturated heterocycles. The minimum Gasteiger partial charge on any atom is -0.398 e. The number of halogens is 1. The molecule has 1 aliphatic heterocycles. The van der Waals surface area contributed by atoms with E-state index in [1.807, 2.05) is 18.2 Å². The molecule has 1 aromatic carbocycles. The predicted octanol–water partition coefficient (Wildman–Crippen LogP) is 1.60. The Morgan fingerprint density at radius 2 is 2.27 bits per heavy atom. The zero-order valence-electron chi connectivity index (χ0n) is 8.46. The molecule has 1 aliphatic rings. The smallest absolute Gasteiger partial charge is 0.105 e. The number of hydrogen-bond donors (Lipinski definition) is 3. The van der Waals surface area contributed by atoms with E-state index in [1.54, 1.807) is 0 Å².